The van der Waals surface area contributed by atoms with Crippen molar-refractivity contribution < 1.29 is 9.53 Å². The minimum atomic E-state index is -0.244. The third-order valence-corrected chi connectivity index (χ3v) is 5.93. The van der Waals surface area contributed by atoms with Gasteiger partial charge in [-0.3, -0.25) is 14.7 Å². The number of morpholine rings is 1. The first kappa shape index (κ1) is 21.6. The minimum absolute atomic E-state index is 0.149. The van der Waals surface area contributed by atoms with E-state index in [2.05, 4.69) is 27.4 Å². The van der Waals surface area contributed by atoms with E-state index in [1.54, 1.807) is 7.05 Å². The van der Waals surface area contributed by atoms with Crippen LogP contribution in [0.1, 0.15) is 31.2 Å². The van der Waals surface area contributed by atoms with Crippen LogP contribution in [0.3, 0.4) is 0 Å². The molecule has 2 atom stereocenters. The number of hydrogen-bond acceptors (Lipinski definition) is 4. The highest BCUT2D eigenvalue weighted by Crippen LogP contribution is 2.19. The van der Waals surface area contributed by atoms with Gasteiger partial charge >= 0.3 is 0 Å². The summed E-state index contributed by atoms with van der Waals surface area (Å²) in [7, 11) is 1.78. The molecule has 160 valence electrons. The predicted molar refractivity (Wildman–Crippen MR) is 116 cm³/mol. The molecule has 0 aliphatic carbocycles. The Morgan fingerprint density at radius 1 is 1.21 bits per heavy atom. The molecule has 29 heavy (non-hydrogen) atoms. The van der Waals surface area contributed by atoms with Crippen molar-refractivity contribution in [3.63, 3.8) is 0 Å². The molecule has 2 heterocycles. The topological polar surface area (TPSA) is 69.2 Å². The Hall–Kier alpha value is -2.12. The number of ether oxygens (including phenoxy) is 1. The molecule has 3 rings (SSSR count). The molecular weight excluding hydrogens is 366 g/mol. The van der Waals surface area contributed by atoms with Crippen LogP contribution in [-0.2, 0) is 9.53 Å². The van der Waals surface area contributed by atoms with Crippen LogP contribution in [0.25, 0.3) is 0 Å². The maximum absolute atomic E-state index is 13.2. The van der Waals surface area contributed by atoms with Gasteiger partial charge in [-0.2, -0.15) is 0 Å². The Balaban J connectivity index is 1.60. The highest BCUT2D eigenvalue weighted by molar-refractivity contribution is 5.86. The van der Waals surface area contributed by atoms with Gasteiger partial charge in [0.05, 0.1) is 19.1 Å². The van der Waals surface area contributed by atoms with Gasteiger partial charge in [-0.1, -0.05) is 37.3 Å². The van der Waals surface area contributed by atoms with Crippen LogP contribution in [0.15, 0.2) is 35.3 Å². The number of benzene rings is 1. The number of carbonyl (C=O) groups is 1. The molecule has 7 nitrogen and oxygen atoms in total. The summed E-state index contributed by atoms with van der Waals surface area (Å²) in [5.74, 6) is 0.658. The zero-order valence-electron chi connectivity index (χ0n) is 17.8. The summed E-state index contributed by atoms with van der Waals surface area (Å²) in [5.41, 5.74) is 1.03. The van der Waals surface area contributed by atoms with Crippen LogP contribution < -0.4 is 10.6 Å². The lowest BCUT2D eigenvalue weighted by Gasteiger charge is -2.31. The summed E-state index contributed by atoms with van der Waals surface area (Å²) in [6, 6.07) is 10.6. The molecule has 1 aromatic rings. The van der Waals surface area contributed by atoms with E-state index >= 15 is 0 Å². The Kier molecular flexibility index (Phi) is 8.31. The van der Waals surface area contributed by atoms with E-state index in [4.69, 9.17) is 4.74 Å². The second-order valence-corrected chi connectivity index (χ2v) is 7.66. The first-order valence-corrected chi connectivity index (χ1v) is 10.8. The van der Waals surface area contributed by atoms with E-state index in [1.807, 2.05) is 35.2 Å². The number of guanidine groups is 1. The predicted octanol–water partition coefficient (Wildman–Crippen LogP) is 1.28. The number of rotatable bonds is 7. The maximum atomic E-state index is 13.2. The molecule has 2 fully saturated rings. The molecule has 0 bridgehead atoms. The van der Waals surface area contributed by atoms with Crippen molar-refractivity contribution in [3.8, 4) is 0 Å². The lowest BCUT2D eigenvalue weighted by Crippen LogP contribution is -2.48. The zero-order chi connectivity index (χ0) is 20.5. The van der Waals surface area contributed by atoms with Crippen molar-refractivity contribution in [3.05, 3.63) is 35.9 Å². The molecule has 1 aromatic carbocycles. The quantitative estimate of drug-likeness (QED) is 0.532. The standard InChI is InChI=1S/C22H35N5O2/c1-3-26-11-7-10-19(26)16-24-22(23-2)25-17-20(18-8-5-4-6-9-18)21(28)27-12-14-29-15-13-27/h4-6,8-9,19-20H,3,7,10-17H2,1-2H3,(H2,23,24,25). The van der Waals surface area contributed by atoms with Gasteiger partial charge < -0.3 is 20.3 Å². The monoisotopic (exact) mass is 401 g/mol. The molecular formula is C22H35N5O2. The highest BCUT2D eigenvalue weighted by atomic mass is 16.5. The number of hydrogen-bond donors (Lipinski definition) is 2. The number of likely N-dealkylation sites (N-methyl/N-ethyl adjacent to an activating group) is 1. The molecule has 2 aliphatic rings. The van der Waals surface area contributed by atoms with Crippen LogP contribution >= 0.6 is 0 Å². The Bertz CT molecular complexity index is 660. The molecule has 7 heteroatoms. The summed E-state index contributed by atoms with van der Waals surface area (Å²) >= 11 is 0. The van der Waals surface area contributed by atoms with E-state index in [1.165, 1.54) is 19.4 Å². The van der Waals surface area contributed by atoms with E-state index in [0.717, 1.165) is 24.6 Å². The molecule has 1 amide bonds. The molecule has 2 aliphatic heterocycles. The normalized spacial score (nSPS) is 21.8. The van der Waals surface area contributed by atoms with Gasteiger partial charge in [-0.25, -0.2) is 0 Å². The lowest BCUT2D eigenvalue weighted by molar-refractivity contribution is -0.136. The fourth-order valence-electron chi connectivity index (χ4n) is 4.21. The van der Waals surface area contributed by atoms with Crippen molar-refractivity contribution >= 4 is 11.9 Å². The van der Waals surface area contributed by atoms with Gasteiger partial charge in [-0.05, 0) is 31.5 Å². The molecule has 0 radical (unpaired) electrons. The second kappa shape index (κ2) is 11.2. The maximum Gasteiger partial charge on any atom is 0.232 e. The zero-order valence-corrected chi connectivity index (χ0v) is 17.8. The highest BCUT2D eigenvalue weighted by Gasteiger charge is 2.28. The summed E-state index contributed by atoms with van der Waals surface area (Å²) in [6.45, 7) is 8.41. The molecule has 0 spiro atoms. The van der Waals surface area contributed by atoms with Crippen LogP contribution in [0.5, 0.6) is 0 Å². The van der Waals surface area contributed by atoms with E-state index in [0.29, 0.717) is 38.9 Å². The third-order valence-electron chi connectivity index (χ3n) is 5.93. The fourth-order valence-corrected chi connectivity index (χ4v) is 4.21. The average molecular weight is 402 g/mol. The van der Waals surface area contributed by atoms with Gasteiger partial charge in [0.2, 0.25) is 5.91 Å². The Labute approximate surface area is 174 Å². The summed E-state index contributed by atoms with van der Waals surface area (Å²) in [5, 5.41) is 6.84. The van der Waals surface area contributed by atoms with Gasteiger partial charge in [0.15, 0.2) is 5.96 Å². The van der Waals surface area contributed by atoms with Gasteiger partial charge in [0.1, 0.15) is 0 Å². The largest absolute Gasteiger partial charge is 0.378 e. The van der Waals surface area contributed by atoms with Crippen LogP contribution in [0.4, 0.5) is 0 Å². The molecule has 2 N–H and O–H groups in total. The Morgan fingerprint density at radius 3 is 2.66 bits per heavy atom. The number of nitrogens with one attached hydrogen (secondary N) is 2. The van der Waals surface area contributed by atoms with Gasteiger partial charge in [0, 0.05) is 39.3 Å². The fraction of sp³-hybridized carbons (Fsp3) is 0.636. The van der Waals surface area contributed by atoms with Crippen LogP contribution in [0, 0.1) is 0 Å². The average Bonchev–Trinajstić information content (AvgIpc) is 3.24. The van der Waals surface area contributed by atoms with E-state index < -0.39 is 0 Å². The SMILES string of the molecule is CCN1CCCC1CNC(=NC)NCC(C(=O)N1CCOCC1)c1ccccc1. The molecule has 0 aromatic heterocycles. The van der Waals surface area contributed by atoms with Crippen molar-refractivity contribution in [2.24, 2.45) is 4.99 Å². The van der Waals surface area contributed by atoms with E-state index in [9.17, 15) is 4.79 Å². The number of carbonyl (C=O) groups excluding carboxylic acids is 1. The van der Waals surface area contributed by atoms with Crippen LogP contribution in [0.2, 0.25) is 0 Å². The number of likely N-dealkylation sites (tertiary alicyclic amines) is 1. The van der Waals surface area contributed by atoms with E-state index in [-0.39, 0.29) is 11.8 Å². The Morgan fingerprint density at radius 2 is 1.97 bits per heavy atom. The van der Waals surface area contributed by atoms with Crippen molar-refractivity contribution in [1.29, 1.82) is 0 Å². The van der Waals surface area contributed by atoms with Gasteiger partial charge in [-0.15, -0.1) is 0 Å². The van der Waals surface area contributed by atoms with Crippen molar-refractivity contribution in [2.45, 2.75) is 31.7 Å². The first-order valence-electron chi connectivity index (χ1n) is 10.8. The molecule has 2 unspecified atom stereocenters. The van der Waals surface area contributed by atoms with Gasteiger partial charge in [0.25, 0.3) is 0 Å². The lowest BCUT2D eigenvalue weighted by atomic mass is 9.97. The number of amides is 1. The summed E-state index contributed by atoms with van der Waals surface area (Å²) in [4.78, 5) is 22.0. The minimum Gasteiger partial charge on any atom is -0.378 e. The third kappa shape index (κ3) is 5.93. The van der Waals surface area contributed by atoms with Crippen molar-refractivity contribution in [1.82, 2.24) is 20.4 Å². The van der Waals surface area contributed by atoms with Crippen LogP contribution in [-0.4, -0.2) is 87.2 Å². The first-order chi connectivity index (χ1) is 14.2. The second-order valence-electron chi connectivity index (χ2n) is 7.66. The van der Waals surface area contributed by atoms with Crippen molar-refractivity contribution in [2.75, 3.05) is 59.5 Å². The summed E-state index contributed by atoms with van der Waals surface area (Å²) < 4.78 is 5.41. The molecule has 2 saturated heterocycles. The number of aliphatic imine (C=N–C) groups is 1. The summed E-state index contributed by atoms with van der Waals surface area (Å²) in [6.07, 6.45) is 2.48. The number of nitrogens with zero attached hydrogens (tertiary/aromatic N) is 3. The molecule has 0 saturated carbocycles. The smallest absolute Gasteiger partial charge is 0.232 e.